The standard InChI is InChI=1S/C14H8NO3S/c16-13(17-10-4-2-1-3-5-10)9-6-7-11-12(8-9)18-14(19)15-11/h1-8H. The number of nitrogens with zero attached hydrogens (tertiary/aromatic N) is 1. The van der Waals surface area contributed by atoms with Crippen LogP contribution in [-0.2, 0) is 0 Å². The molecule has 0 N–H and O–H groups in total. The number of carbonyl (C=O) groups excluding carboxylic acids is 1. The SMILES string of the molecule is O=C(Oc1ccccc1)c1ccc2nc([S])oc2c1. The molecular weight excluding hydrogens is 262 g/mol. The van der Waals surface area contributed by atoms with Crippen molar-refractivity contribution in [2.24, 2.45) is 0 Å². The smallest absolute Gasteiger partial charge is 0.343 e. The van der Waals surface area contributed by atoms with Gasteiger partial charge in [0.25, 0.3) is 5.22 Å². The predicted molar refractivity (Wildman–Crippen MR) is 71.3 cm³/mol. The summed E-state index contributed by atoms with van der Waals surface area (Å²) in [5.41, 5.74) is 1.50. The van der Waals surface area contributed by atoms with E-state index in [0.29, 0.717) is 22.4 Å². The summed E-state index contributed by atoms with van der Waals surface area (Å²) >= 11 is 4.83. The Balaban J connectivity index is 1.89. The van der Waals surface area contributed by atoms with Crippen LogP contribution in [0.3, 0.4) is 0 Å². The van der Waals surface area contributed by atoms with E-state index in [-0.39, 0.29) is 5.22 Å². The highest BCUT2D eigenvalue weighted by molar-refractivity contribution is 7.80. The quantitative estimate of drug-likeness (QED) is 0.527. The number of hydrogen-bond donors (Lipinski definition) is 0. The second kappa shape index (κ2) is 4.70. The van der Waals surface area contributed by atoms with Gasteiger partial charge in [0.2, 0.25) is 0 Å². The van der Waals surface area contributed by atoms with Gasteiger partial charge in [0, 0.05) is 0 Å². The molecule has 93 valence electrons. The zero-order valence-electron chi connectivity index (χ0n) is 9.70. The molecule has 0 spiro atoms. The topological polar surface area (TPSA) is 52.3 Å². The van der Waals surface area contributed by atoms with Gasteiger partial charge in [-0.2, -0.15) is 4.98 Å². The first kappa shape index (κ1) is 11.7. The Kier molecular flexibility index (Phi) is 2.89. The van der Waals surface area contributed by atoms with Gasteiger partial charge in [-0.3, -0.25) is 0 Å². The highest BCUT2D eigenvalue weighted by Gasteiger charge is 2.11. The number of benzene rings is 2. The van der Waals surface area contributed by atoms with Gasteiger partial charge in [-0.05, 0) is 43.0 Å². The van der Waals surface area contributed by atoms with E-state index in [0.717, 1.165) is 0 Å². The van der Waals surface area contributed by atoms with Crippen LogP contribution in [0.1, 0.15) is 10.4 Å². The molecule has 0 saturated carbocycles. The molecule has 3 rings (SSSR count). The molecule has 0 aliphatic heterocycles. The van der Waals surface area contributed by atoms with Gasteiger partial charge in [0.1, 0.15) is 11.3 Å². The van der Waals surface area contributed by atoms with Gasteiger partial charge in [-0.1, -0.05) is 18.2 Å². The maximum atomic E-state index is 12.0. The number of rotatable bonds is 2. The van der Waals surface area contributed by atoms with E-state index in [2.05, 4.69) is 4.98 Å². The molecule has 1 heterocycles. The molecule has 0 amide bonds. The lowest BCUT2D eigenvalue weighted by Gasteiger charge is -2.03. The normalized spacial score (nSPS) is 10.5. The molecule has 4 nitrogen and oxygen atoms in total. The molecule has 0 saturated heterocycles. The Morgan fingerprint density at radius 3 is 2.74 bits per heavy atom. The van der Waals surface area contributed by atoms with Crippen LogP contribution in [-0.4, -0.2) is 11.0 Å². The fourth-order valence-electron chi connectivity index (χ4n) is 1.68. The Labute approximate surface area is 114 Å². The third-order valence-electron chi connectivity index (χ3n) is 2.56. The Morgan fingerprint density at radius 2 is 1.95 bits per heavy atom. The third-order valence-corrected chi connectivity index (χ3v) is 2.73. The van der Waals surface area contributed by atoms with Crippen molar-refractivity contribution in [1.82, 2.24) is 4.98 Å². The van der Waals surface area contributed by atoms with E-state index in [1.807, 2.05) is 6.07 Å². The maximum Gasteiger partial charge on any atom is 0.343 e. The minimum absolute atomic E-state index is 0.156. The molecule has 0 aliphatic rings. The number of para-hydroxylation sites is 1. The highest BCUT2D eigenvalue weighted by Crippen LogP contribution is 2.20. The van der Waals surface area contributed by atoms with Crippen LogP contribution in [0.2, 0.25) is 0 Å². The van der Waals surface area contributed by atoms with Crippen molar-refractivity contribution in [2.75, 3.05) is 0 Å². The van der Waals surface area contributed by atoms with E-state index in [1.165, 1.54) is 0 Å². The molecule has 1 aromatic heterocycles. The fourth-order valence-corrected chi connectivity index (χ4v) is 1.87. The first-order valence-electron chi connectivity index (χ1n) is 5.57. The number of ether oxygens (including phenoxy) is 1. The number of carbonyl (C=O) groups is 1. The Morgan fingerprint density at radius 1 is 1.16 bits per heavy atom. The Hall–Kier alpha value is -2.40. The third kappa shape index (κ3) is 2.41. The van der Waals surface area contributed by atoms with Crippen molar-refractivity contribution in [3.63, 3.8) is 0 Å². The van der Waals surface area contributed by atoms with Crippen LogP contribution in [0.5, 0.6) is 5.75 Å². The number of esters is 1. The molecule has 0 aliphatic carbocycles. The average molecular weight is 270 g/mol. The van der Waals surface area contributed by atoms with Crippen molar-refractivity contribution >= 4 is 29.7 Å². The Bertz CT molecular complexity index is 737. The molecule has 3 aromatic rings. The second-order valence-electron chi connectivity index (χ2n) is 3.86. The van der Waals surface area contributed by atoms with E-state index in [4.69, 9.17) is 21.8 Å². The summed E-state index contributed by atoms with van der Waals surface area (Å²) in [4.78, 5) is 15.9. The zero-order chi connectivity index (χ0) is 13.2. The predicted octanol–water partition coefficient (Wildman–Crippen LogP) is 3.60. The summed E-state index contributed by atoms with van der Waals surface area (Å²) in [6, 6.07) is 13.8. The summed E-state index contributed by atoms with van der Waals surface area (Å²) in [7, 11) is 0. The van der Waals surface area contributed by atoms with Gasteiger partial charge in [-0.15, -0.1) is 0 Å². The number of aromatic nitrogens is 1. The first-order chi connectivity index (χ1) is 9.22. The molecule has 0 unspecified atom stereocenters. The lowest BCUT2D eigenvalue weighted by molar-refractivity contribution is 0.0735. The molecular formula is C14H8NO3S. The number of fused-ring (bicyclic) bond motifs is 1. The molecule has 0 bridgehead atoms. The van der Waals surface area contributed by atoms with Crippen molar-refractivity contribution in [2.45, 2.75) is 5.22 Å². The van der Waals surface area contributed by atoms with Crippen molar-refractivity contribution in [1.29, 1.82) is 0 Å². The minimum Gasteiger partial charge on any atom is -0.428 e. The lowest BCUT2D eigenvalue weighted by Crippen LogP contribution is -2.08. The molecule has 19 heavy (non-hydrogen) atoms. The summed E-state index contributed by atoms with van der Waals surface area (Å²) < 4.78 is 10.4. The van der Waals surface area contributed by atoms with Crippen LogP contribution in [0.25, 0.3) is 11.1 Å². The van der Waals surface area contributed by atoms with Crippen molar-refractivity contribution < 1.29 is 13.9 Å². The fraction of sp³-hybridized carbons (Fsp3) is 0. The summed E-state index contributed by atoms with van der Waals surface area (Å²) in [5, 5.41) is 0.156. The molecule has 0 fully saturated rings. The van der Waals surface area contributed by atoms with Crippen LogP contribution < -0.4 is 4.74 Å². The van der Waals surface area contributed by atoms with Crippen molar-refractivity contribution in [3.8, 4) is 5.75 Å². The van der Waals surface area contributed by atoms with Gasteiger partial charge in [0.15, 0.2) is 5.58 Å². The largest absolute Gasteiger partial charge is 0.428 e. The van der Waals surface area contributed by atoms with Crippen LogP contribution >= 0.6 is 12.6 Å². The molecule has 1 radical (unpaired) electrons. The second-order valence-corrected chi connectivity index (χ2v) is 4.21. The maximum absolute atomic E-state index is 12.0. The highest BCUT2D eigenvalue weighted by atomic mass is 32.1. The van der Waals surface area contributed by atoms with Gasteiger partial charge in [-0.25, -0.2) is 4.79 Å². The summed E-state index contributed by atoms with van der Waals surface area (Å²) in [5.74, 6) is 0.0459. The molecule has 0 atom stereocenters. The van der Waals surface area contributed by atoms with Gasteiger partial charge >= 0.3 is 5.97 Å². The average Bonchev–Trinajstić information content (AvgIpc) is 2.78. The van der Waals surface area contributed by atoms with Gasteiger partial charge < -0.3 is 9.15 Å². The number of oxazole rings is 1. The van der Waals surface area contributed by atoms with Crippen LogP contribution in [0.4, 0.5) is 0 Å². The van der Waals surface area contributed by atoms with E-state index in [9.17, 15) is 4.79 Å². The summed E-state index contributed by atoms with van der Waals surface area (Å²) in [6.07, 6.45) is 0. The molecule has 2 aromatic carbocycles. The van der Waals surface area contributed by atoms with E-state index < -0.39 is 5.97 Å². The molecule has 5 heteroatoms. The van der Waals surface area contributed by atoms with E-state index in [1.54, 1.807) is 42.5 Å². The lowest BCUT2D eigenvalue weighted by atomic mass is 10.2. The first-order valence-corrected chi connectivity index (χ1v) is 5.98. The van der Waals surface area contributed by atoms with Crippen LogP contribution in [0, 0.1) is 0 Å². The zero-order valence-corrected chi connectivity index (χ0v) is 10.5. The van der Waals surface area contributed by atoms with Crippen LogP contribution in [0.15, 0.2) is 58.2 Å². The minimum atomic E-state index is -0.449. The number of hydrogen-bond acceptors (Lipinski definition) is 4. The van der Waals surface area contributed by atoms with Gasteiger partial charge in [0.05, 0.1) is 5.56 Å². The monoisotopic (exact) mass is 270 g/mol. The summed E-state index contributed by atoms with van der Waals surface area (Å²) in [6.45, 7) is 0. The van der Waals surface area contributed by atoms with E-state index >= 15 is 0 Å². The van der Waals surface area contributed by atoms with Crippen molar-refractivity contribution in [3.05, 3.63) is 54.1 Å².